The number of hydrogen-bond donors (Lipinski definition) is 2. The highest BCUT2D eigenvalue weighted by molar-refractivity contribution is 9.11. The maximum absolute atomic E-state index is 12.4. The first-order chi connectivity index (χ1) is 9.30. The SMILES string of the molecule is CN(Cc1csc(Br)c1)S(=O)(=O)c1ccc(O)c(N)c1. The van der Waals surface area contributed by atoms with Gasteiger partial charge in [-0.2, -0.15) is 4.31 Å². The van der Waals surface area contributed by atoms with Crippen LogP contribution < -0.4 is 5.73 Å². The smallest absolute Gasteiger partial charge is 0.243 e. The fourth-order valence-corrected chi connectivity index (χ4v) is 4.04. The van der Waals surface area contributed by atoms with Crippen LogP contribution in [0.1, 0.15) is 5.56 Å². The van der Waals surface area contributed by atoms with Crippen LogP contribution in [0.3, 0.4) is 0 Å². The highest BCUT2D eigenvalue weighted by Gasteiger charge is 2.22. The summed E-state index contributed by atoms with van der Waals surface area (Å²) in [5.74, 6) is -0.131. The van der Waals surface area contributed by atoms with Gasteiger partial charge >= 0.3 is 0 Å². The number of nitrogens with two attached hydrogens (primary N) is 1. The largest absolute Gasteiger partial charge is 0.506 e. The molecule has 0 saturated carbocycles. The van der Waals surface area contributed by atoms with Gasteiger partial charge in [0.25, 0.3) is 0 Å². The van der Waals surface area contributed by atoms with Crippen molar-refractivity contribution in [3.63, 3.8) is 0 Å². The molecule has 0 atom stereocenters. The quantitative estimate of drug-likeness (QED) is 0.634. The Bertz CT molecular complexity index is 728. The van der Waals surface area contributed by atoms with Crippen LogP contribution >= 0.6 is 27.3 Å². The molecular weight excluding hydrogens is 364 g/mol. The molecule has 0 aliphatic carbocycles. The van der Waals surface area contributed by atoms with Gasteiger partial charge in [0.2, 0.25) is 10.0 Å². The lowest BCUT2D eigenvalue weighted by atomic mass is 10.3. The van der Waals surface area contributed by atoms with Gasteiger partial charge in [-0.25, -0.2) is 8.42 Å². The van der Waals surface area contributed by atoms with Crippen LogP contribution in [-0.4, -0.2) is 24.9 Å². The van der Waals surface area contributed by atoms with E-state index in [0.29, 0.717) is 0 Å². The third-order valence-electron chi connectivity index (χ3n) is 2.73. The molecule has 1 heterocycles. The maximum atomic E-state index is 12.4. The molecule has 0 unspecified atom stereocenters. The topological polar surface area (TPSA) is 83.6 Å². The number of thiophene rings is 1. The molecule has 108 valence electrons. The van der Waals surface area contributed by atoms with E-state index in [1.165, 1.54) is 40.9 Å². The number of rotatable bonds is 4. The number of halogens is 1. The summed E-state index contributed by atoms with van der Waals surface area (Å²) in [7, 11) is -2.13. The summed E-state index contributed by atoms with van der Waals surface area (Å²) < 4.78 is 27.0. The number of sulfonamides is 1. The maximum Gasteiger partial charge on any atom is 0.243 e. The lowest BCUT2D eigenvalue weighted by Gasteiger charge is -2.17. The van der Waals surface area contributed by atoms with Crippen LogP contribution in [0.15, 0.2) is 38.3 Å². The molecular formula is C12H13BrN2O3S2. The third kappa shape index (κ3) is 3.14. The Morgan fingerprint density at radius 3 is 2.65 bits per heavy atom. The molecule has 3 N–H and O–H groups in total. The van der Waals surface area contributed by atoms with Crippen molar-refractivity contribution in [1.82, 2.24) is 4.31 Å². The van der Waals surface area contributed by atoms with Crippen molar-refractivity contribution in [2.45, 2.75) is 11.4 Å². The molecule has 20 heavy (non-hydrogen) atoms. The van der Waals surface area contributed by atoms with Gasteiger partial charge in [0.05, 0.1) is 14.4 Å². The van der Waals surface area contributed by atoms with Gasteiger partial charge in [0.1, 0.15) is 5.75 Å². The van der Waals surface area contributed by atoms with Crippen molar-refractivity contribution in [3.8, 4) is 5.75 Å². The Hall–Kier alpha value is -1.09. The Balaban J connectivity index is 2.27. The van der Waals surface area contributed by atoms with Crippen molar-refractivity contribution >= 4 is 43.0 Å². The number of anilines is 1. The van der Waals surface area contributed by atoms with Gasteiger partial charge in [-0.3, -0.25) is 0 Å². The van der Waals surface area contributed by atoms with E-state index < -0.39 is 10.0 Å². The van der Waals surface area contributed by atoms with E-state index in [9.17, 15) is 13.5 Å². The van der Waals surface area contributed by atoms with Gasteiger partial charge in [0, 0.05) is 13.6 Å². The highest BCUT2D eigenvalue weighted by atomic mass is 79.9. The van der Waals surface area contributed by atoms with Crippen LogP contribution in [0, 0.1) is 0 Å². The lowest BCUT2D eigenvalue weighted by molar-refractivity contribution is 0.465. The normalized spacial score (nSPS) is 11.9. The van der Waals surface area contributed by atoms with Crippen molar-refractivity contribution in [1.29, 1.82) is 0 Å². The van der Waals surface area contributed by atoms with Crippen LogP contribution in [0.2, 0.25) is 0 Å². The molecule has 2 rings (SSSR count). The van der Waals surface area contributed by atoms with Gasteiger partial charge in [-0.15, -0.1) is 11.3 Å². The second-order valence-corrected chi connectivity index (χ2v) is 8.58. The molecule has 0 bridgehead atoms. The number of nitrogens with zero attached hydrogens (tertiary/aromatic N) is 1. The van der Waals surface area contributed by atoms with Gasteiger partial charge < -0.3 is 10.8 Å². The fourth-order valence-electron chi connectivity index (χ4n) is 1.64. The Labute approximate surface area is 129 Å². The van der Waals surface area contributed by atoms with E-state index in [1.54, 1.807) is 0 Å². The number of hydrogen-bond acceptors (Lipinski definition) is 5. The molecule has 0 fully saturated rings. The average molecular weight is 377 g/mol. The molecule has 8 heteroatoms. The number of aromatic hydroxyl groups is 1. The first kappa shape index (κ1) is 15.3. The molecule has 0 aliphatic rings. The minimum absolute atomic E-state index is 0.0396. The second kappa shape index (κ2) is 5.72. The fraction of sp³-hybridized carbons (Fsp3) is 0.167. The molecule has 0 radical (unpaired) electrons. The highest BCUT2D eigenvalue weighted by Crippen LogP contribution is 2.27. The summed E-state index contributed by atoms with van der Waals surface area (Å²) in [4.78, 5) is 0.0598. The van der Waals surface area contributed by atoms with Gasteiger partial charge in [-0.1, -0.05) is 0 Å². The molecule has 1 aromatic heterocycles. The van der Waals surface area contributed by atoms with Crippen molar-refractivity contribution < 1.29 is 13.5 Å². The van der Waals surface area contributed by atoms with Gasteiger partial charge in [0.15, 0.2) is 0 Å². The predicted octanol–water partition coefficient (Wildman–Crippen LogP) is 2.62. The Kier molecular flexibility index (Phi) is 4.38. The lowest BCUT2D eigenvalue weighted by Crippen LogP contribution is -2.26. The summed E-state index contributed by atoms with van der Waals surface area (Å²) in [5.41, 5.74) is 6.48. The molecule has 0 saturated heterocycles. The average Bonchev–Trinajstić information content (AvgIpc) is 2.78. The van der Waals surface area contributed by atoms with Crippen molar-refractivity contribution in [3.05, 3.63) is 39.0 Å². The number of nitrogen functional groups attached to an aromatic ring is 1. The first-order valence-electron chi connectivity index (χ1n) is 5.58. The van der Waals surface area contributed by atoms with E-state index in [-0.39, 0.29) is 22.9 Å². The van der Waals surface area contributed by atoms with E-state index in [0.717, 1.165) is 9.35 Å². The standard InChI is InChI=1S/C12H13BrN2O3S2/c1-15(6-8-4-12(13)19-7-8)20(17,18)9-2-3-11(16)10(14)5-9/h2-5,7,16H,6,14H2,1H3. The predicted molar refractivity (Wildman–Crippen MR) is 83.2 cm³/mol. The molecule has 0 amide bonds. The first-order valence-corrected chi connectivity index (χ1v) is 8.69. The summed E-state index contributed by atoms with van der Waals surface area (Å²) in [6.07, 6.45) is 0. The number of benzene rings is 1. The Morgan fingerprint density at radius 1 is 1.40 bits per heavy atom. The molecule has 0 aliphatic heterocycles. The van der Waals surface area contributed by atoms with Crippen LogP contribution in [-0.2, 0) is 16.6 Å². The summed E-state index contributed by atoms with van der Waals surface area (Å²) in [5, 5.41) is 11.2. The molecule has 5 nitrogen and oxygen atoms in total. The molecule has 1 aromatic carbocycles. The minimum Gasteiger partial charge on any atom is -0.506 e. The van der Waals surface area contributed by atoms with Crippen LogP contribution in [0.4, 0.5) is 5.69 Å². The van der Waals surface area contributed by atoms with Crippen LogP contribution in [0.5, 0.6) is 5.75 Å². The zero-order valence-corrected chi connectivity index (χ0v) is 13.8. The zero-order chi connectivity index (χ0) is 14.9. The third-order valence-corrected chi connectivity index (χ3v) is 6.09. The van der Waals surface area contributed by atoms with E-state index in [4.69, 9.17) is 5.73 Å². The van der Waals surface area contributed by atoms with Crippen molar-refractivity contribution in [2.75, 3.05) is 12.8 Å². The van der Waals surface area contributed by atoms with E-state index in [1.807, 2.05) is 11.4 Å². The van der Waals surface area contributed by atoms with Crippen molar-refractivity contribution in [2.24, 2.45) is 0 Å². The van der Waals surface area contributed by atoms with E-state index in [2.05, 4.69) is 15.9 Å². The van der Waals surface area contributed by atoms with Gasteiger partial charge in [-0.05, 0) is 51.1 Å². The number of phenols is 1. The van der Waals surface area contributed by atoms with E-state index >= 15 is 0 Å². The molecule has 0 spiro atoms. The van der Waals surface area contributed by atoms with Crippen LogP contribution in [0.25, 0.3) is 0 Å². The molecule has 2 aromatic rings. The summed E-state index contributed by atoms with van der Waals surface area (Å²) in [6.45, 7) is 0.269. The number of phenolic OH excluding ortho intramolecular Hbond substituents is 1. The summed E-state index contributed by atoms with van der Waals surface area (Å²) >= 11 is 4.84. The summed E-state index contributed by atoms with van der Waals surface area (Å²) in [6, 6.07) is 5.74. The zero-order valence-electron chi connectivity index (χ0n) is 10.6. The Morgan fingerprint density at radius 2 is 2.10 bits per heavy atom. The second-order valence-electron chi connectivity index (χ2n) is 4.24. The minimum atomic E-state index is -3.64. The monoisotopic (exact) mass is 376 g/mol.